The minimum absolute atomic E-state index is 0.00853. The van der Waals surface area contributed by atoms with Crippen LogP contribution in [0.1, 0.15) is 48.7 Å². The quantitative estimate of drug-likeness (QED) is 0.831. The Kier molecular flexibility index (Phi) is 4.82. The summed E-state index contributed by atoms with van der Waals surface area (Å²) in [5.41, 5.74) is 0.603. The molecule has 2 rings (SSSR count). The lowest BCUT2D eigenvalue weighted by atomic mass is 10.2. The van der Waals surface area contributed by atoms with E-state index in [1.54, 1.807) is 13.0 Å². The zero-order valence-corrected chi connectivity index (χ0v) is 12.1. The van der Waals surface area contributed by atoms with Gasteiger partial charge in [0, 0.05) is 25.6 Å². The van der Waals surface area contributed by atoms with Gasteiger partial charge in [-0.3, -0.25) is 9.59 Å². The fourth-order valence-electron chi connectivity index (χ4n) is 2.17. The number of hydrogen-bond acceptors (Lipinski definition) is 3. The monoisotopic (exact) mass is 278 g/mol. The molecule has 0 radical (unpaired) electrons. The van der Waals surface area contributed by atoms with E-state index in [0.717, 1.165) is 19.3 Å². The molecule has 1 heterocycles. The van der Waals surface area contributed by atoms with E-state index < -0.39 is 0 Å². The fourth-order valence-corrected chi connectivity index (χ4v) is 2.17. The third-order valence-electron chi connectivity index (χ3n) is 3.49. The van der Waals surface area contributed by atoms with Gasteiger partial charge in [-0.25, -0.2) is 0 Å². The van der Waals surface area contributed by atoms with Gasteiger partial charge in [0.2, 0.25) is 5.91 Å². The molecule has 1 aromatic rings. The van der Waals surface area contributed by atoms with E-state index in [9.17, 15) is 9.59 Å². The molecule has 0 aromatic carbocycles. The van der Waals surface area contributed by atoms with E-state index >= 15 is 0 Å². The molecule has 0 atom stereocenters. The van der Waals surface area contributed by atoms with Gasteiger partial charge >= 0.3 is 0 Å². The second kappa shape index (κ2) is 6.59. The molecule has 5 nitrogen and oxygen atoms in total. The Morgan fingerprint density at radius 1 is 1.45 bits per heavy atom. The van der Waals surface area contributed by atoms with Gasteiger partial charge in [0.15, 0.2) is 0 Å². The third-order valence-corrected chi connectivity index (χ3v) is 3.49. The number of rotatable bonds is 7. The van der Waals surface area contributed by atoms with Crippen molar-refractivity contribution in [3.05, 3.63) is 23.7 Å². The average molecular weight is 278 g/mol. The number of amides is 2. The summed E-state index contributed by atoms with van der Waals surface area (Å²) < 4.78 is 5.19. The van der Waals surface area contributed by atoms with E-state index in [2.05, 4.69) is 5.32 Å². The van der Waals surface area contributed by atoms with Crippen LogP contribution in [-0.2, 0) is 4.79 Å². The van der Waals surface area contributed by atoms with Gasteiger partial charge in [-0.05, 0) is 32.3 Å². The molecule has 0 bridgehead atoms. The molecular formula is C15H22N2O3. The van der Waals surface area contributed by atoms with Gasteiger partial charge in [-0.1, -0.05) is 6.92 Å². The van der Waals surface area contributed by atoms with Crippen molar-refractivity contribution < 1.29 is 14.0 Å². The zero-order valence-electron chi connectivity index (χ0n) is 12.1. The Labute approximate surface area is 119 Å². The molecule has 5 heteroatoms. The number of furan rings is 1. The summed E-state index contributed by atoms with van der Waals surface area (Å²) in [6, 6.07) is 1.99. The van der Waals surface area contributed by atoms with Crippen LogP contribution in [0.25, 0.3) is 0 Å². The van der Waals surface area contributed by atoms with Gasteiger partial charge < -0.3 is 14.6 Å². The Balaban J connectivity index is 1.93. The van der Waals surface area contributed by atoms with Crippen molar-refractivity contribution in [3.63, 3.8) is 0 Å². The molecule has 2 amide bonds. The first-order chi connectivity index (χ1) is 9.63. The van der Waals surface area contributed by atoms with Crippen molar-refractivity contribution in [3.8, 4) is 0 Å². The SMILES string of the molecule is CCCNC(=O)CCN(C(=O)c1ccoc1C)C1CC1. The molecule has 110 valence electrons. The molecule has 0 unspecified atom stereocenters. The van der Waals surface area contributed by atoms with Gasteiger partial charge in [0.25, 0.3) is 5.91 Å². The number of nitrogens with one attached hydrogen (secondary N) is 1. The van der Waals surface area contributed by atoms with E-state index in [-0.39, 0.29) is 17.9 Å². The number of hydrogen-bond donors (Lipinski definition) is 1. The summed E-state index contributed by atoms with van der Waals surface area (Å²) in [6.45, 7) is 4.97. The van der Waals surface area contributed by atoms with Gasteiger partial charge in [-0.2, -0.15) is 0 Å². The maximum absolute atomic E-state index is 12.5. The Bertz CT molecular complexity index is 477. The molecule has 0 aliphatic heterocycles. The predicted molar refractivity (Wildman–Crippen MR) is 75.4 cm³/mol. The lowest BCUT2D eigenvalue weighted by Gasteiger charge is -2.22. The number of carbonyl (C=O) groups is 2. The molecular weight excluding hydrogens is 256 g/mol. The summed E-state index contributed by atoms with van der Waals surface area (Å²) in [5.74, 6) is 0.618. The standard InChI is InChI=1S/C15H22N2O3/c1-3-8-16-14(18)6-9-17(12-4-5-12)15(19)13-7-10-20-11(13)2/h7,10,12H,3-6,8-9H2,1-2H3,(H,16,18). The van der Waals surface area contributed by atoms with E-state index in [1.165, 1.54) is 6.26 Å². The summed E-state index contributed by atoms with van der Waals surface area (Å²) >= 11 is 0. The molecule has 0 saturated heterocycles. The molecule has 1 N–H and O–H groups in total. The van der Waals surface area contributed by atoms with E-state index in [1.807, 2.05) is 11.8 Å². The maximum atomic E-state index is 12.5. The lowest BCUT2D eigenvalue weighted by molar-refractivity contribution is -0.121. The highest BCUT2D eigenvalue weighted by molar-refractivity contribution is 5.95. The summed E-state index contributed by atoms with van der Waals surface area (Å²) in [7, 11) is 0. The lowest BCUT2D eigenvalue weighted by Crippen LogP contribution is -2.37. The fraction of sp³-hybridized carbons (Fsp3) is 0.600. The van der Waals surface area contributed by atoms with E-state index in [4.69, 9.17) is 4.42 Å². The number of aryl methyl sites for hydroxylation is 1. The van der Waals surface area contributed by atoms with Crippen LogP contribution in [0.2, 0.25) is 0 Å². The largest absolute Gasteiger partial charge is 0.469 e. The number of nitrogens with zero attached hydrogens (tertiary/aromatic N) is 1. The molecule has 1 aliphatic carbocycles. The van der Waals surface area contributed by atoms with Crippen LogP contribution >= 0.6 is 0 Å². The first-order valence-corrected chi connectivity index (χ1v) is 7.25. The second-order valence-corrected chi connectivity index (χ2v) is 5.22. The third kappa shape index (κ3) is 3.62. The molecule has 0 spiro atoms. The first kappa shape index (κ1) is 14.6. The van der Waals surface area contributed by atoms with Gasteiger partial charge in [-0.15, -0.1) is 0 Å². The first-order valence-electron chi connectivity index (χ1n) is 7.25. The molecule has 1 saturated carbocycles. The highest BCUT2D eigenvalue weighted by Crippen LogP contribution is 2.29. The Hall–Kier alpha value is -1.78. The van der Waals surface area contributed by atoms with Gasteiger partial charge in [0.05, 0.1) is 11.8 Å². The van der Waals surface area contributed by atoms with Crippen LogP contribution in [0.3, 0.4) is 0 Å². The second-order valence-electron chi connectivity index (χ2n) is 5.22. The molecule has 1 aromatic heterocycles. The van der Waals surface area contributed by atoms with Crippen molar-refractivity contribution in [1.82, 2.24) is 10.2 Å². The van der Waals surface area contributed by atoms with Crippen LogP contribution in [0, 0.1) is 6.92 Å². The summed E-state index contributed by atoms with van der Waals surface area (Å²) in [5, 5.41) is 2.84. The normalized spacial score (nSPS) is 14.1. The Morgan fingerprint density at radius 2 is 2.20 bits per heavy atom. The predicted octanol–water partition coefficient (Wildman–Crippen LogP) is 2.11. The summed E-state index contributed by atoms with van der Waals surface area (Å²) in [6.07, 6.45) is 4.87. The molecule has 20 heavy (non-hydrogen) atoms. The van der Waals surface area contributed by atoms with Gasteiger partial charge in [0.1, 0.15) is 5.76 Å². The van der Waals surface area contributed by atoms with Crippen molar-refractivity contribution >= 4 is 11.8 Å². The van der Waals surface area contributed by atoms with Crippen LogP contribution in [0.5, 0.6) is 0 Å². The topological polar surface area (TPSA) is 62.6 Å². The van der Waals surface area contributed by atoms with Crippen molar-refractivity contribution in [2.45, 2.75) is 45.6 Å². The zero-order chi connectivity index (χ0) is 14.5. The van der Waals surface area contributed by atoms with Crippen molar-refractivity contribution in [2.75, 3.05) is 13.1 Å². The van der Waals surface area contributed by atoms with E-state index in [0.29, 0.717) is 30.8 Å². The maximum Gasteiger partial charge on any atom is 0.257 e. The minimum Gasteiger partial charge on any atom is -0.469 e. The highest BCUT2D eigenvalue weighted by Gasteiger charge is 2.34. The Morgan fingerprint density at radius 3 is 2.75 bits per heavy atom. The molecule has 1 fully saturated rings. The minimum atomic E-state index is -0.0259. The molecule has 1 aliphatic rings. The number of carbonyl (C=O) groups excluding carboxylic acids is 2. The average Bonchev–Trinajstić information content (AvgIpc) is 3.17. The highest BCUT2D eigenvalue weighted by atomic mass is 16.3. The van der Waals surface area contributed by atoms with Crippen molar-refractivity contribution in [2.24, 2.45) is 0 Å². The smallest absolute Gasteiger partial charge is 0.257 e. The van der Waals surface area contributed by atoms with Crippen LogP contribution in [0.15, 0.2) is 16.7 Å². The van der Waals surface area contributed by atoms with Crippen LogP contribution in [-0.4, -0.2) is 35.8 Å². The summed E-state index contributed by atoms with van der Waals surface area (Å²) in [4.78, 5) is 25.9. The van der Waals surface area contributed by atoms with Crippen molar-refractivity contribution in [1.29, 1.82) is 0 Å². The van der Waals surface area contributed by atoms with Crippen LogP contribution < -0.4 is 5.32 Å². The van der Waals surface area contributed by atoms with Crippen LogP contribution in [0.4, 0.5) is 0 Å².